The third-order valence-electron chi connectivity index (χ3n) is 3.20. The minimum absolute atomic E-state index is 0.0573. The molecule has 1 amide bonds. The van der Waals surface area contributed by atoms with Crippen molar-refractivity contribution in [2.45, 2.75) is 0 Å². The number of azo groups is 1. The van der Waals surface area contributed by atoms with Crippen LogP contribution in [0.4, 0.5) is 22.0 Å². The molecule has 9 nitrogen and oxygen atoms in total. The lowest BCUT2D eigenvalue weighted by Gasteiger charge is -2.02. The van der Waals surface area contributed by atoms with Crippen molar-refractivity contribution in [2.24, 2.45) is 10.2 Å². The number of carbonyl (C=O) groups is 1. The second-order valence-corrected chi connectivity index (χ2v) is 4.84. The molecule has 0 unspecified atom stereocenters. The van der Waals surface area contributed by atoms with Gasteiger partial charge in [-0.05, 0) is 24.3 Å². The smallest absolute Gasteiger partial charge is 0.412 e. The maximum absolute atomic E-state index is 12.7. The molecule has 1 aromatic carbocycles. The van der Waals surface area contributed by atoms with E-state index in [4.69, 9.17) is 0 Å². The van der Waals surface area contributed by atoms with E-state index in [0.29, 0.717) is 11.4 Å². The number of hydrogen-bond acceptors (Lipinski definition) is 6. The Kier molecular flexibility index (Phi) is 4.65. The highest BCUT2D eigenvalue weighted by Gasteiger charge is 2.17. The summed E-state index contributed by atoms with van der Waals surface area (Å²) in [4.78, 5) is 28.1. The average Bonchev–Trinajstić information content (AvgIpc) is 2.97. The summed E-state index contributed by atoms with van der Waals surface area (Å²) in [6.07, 6.45) is 2.36. The first-order valence-electron chi connectivity index (χ1n) is 7.26. The number of benzene rings is 1. The maximum atomic E-state index is 12.7. The van der Waals surface area contributed by atoms with Crippen LogP contribution in [-0.4, -0.2) is 28.0 Å². The van der Waals surface area contributed by atoms with Crippen molar-refractivity contribution in [3.8, 4) is 5.69 Å². The standard InChI is InChI=1S/C16H14N6O3/c1-25-16(24)18-14-13(20-19-11-6-5-9-17-10-11)15(23)22(21-14)12-7-3-2-4-8-12/h2-10,21H,1H3,(H,18,24). The number of H-pyrrole nitrogens is 1. The van der Waals surface area contributed by atoms with Crippen molar-refractivity contribution in [3.63, 3.8) is 0 Å². The second kappa shape index (κ2) is 7.21. The van der Waals surface area contributed by atoms with Gasteiger partial charge in [-0.3, -0.25) is 20.2 Å². The molecule has 0 atom stereocenters. The molecule has 0 fully saturated rings. The van der Waals surface area contributed by atoms with Gasteiger partial charge in [-0.1, -0.05) is 18.2 Å². The van der Waals surface area contributed by atoms with Gasteiger partial charge in [0, 0.05) is 6.20 Å². The monoisotopic (exact) mass is 338 g/mol. The SMILES string of the molecule is COC(=O)Nc1[nH]n(-c2ccccc2)c(=O)c1N=Nc1cccnc1. The summed E-state index contributed by atoms with van der Waals surface area (Å²) in [5.41, 5.74) is 0.532. The molecule has 3 rings (SSSR count). The van der Waals surface area contributed by atoms with Crippen LogP contribution in [0.5, 0.6) is 0 Å². The molecule has 126 valence electrons. The van der Waals surface area contributed by atoms with E-state index < -0.39 is 11.7 Å². The highest BCUT2D eigenvalue weighted by molar-refractivity contribution is 5.86. The number of amides is 1. The first-order chi connectivity index (χ1) is 12.2. The quantitative estimate of drug-likeness (QED) is 0.711. The molecule has 2 heterocycles. The first-order valence-corrected chi connectivity index (χ1v) is 7.26. The van der Waals surface area contributed by atoms with Gasteiger partial charge in [0.05, 0.1) is 19.0 Å². The molecule has 0 aliphatic heterocycles. The van der Waals surface area contributed by atoms with Gasteiger partial charge in [-0.15, -0.1) is 10.2 Å². The molecule has 0 saturated heterocycles. The zero-order valence-corrected chi connectivity index (χ0v) is 13.2. The fourth-order valence-corrected chi connectivity index (χ4v) is 2.04. The number of ether oxygens (including phenoxy) is 1. The lowest BCUT2D eigenvalue weighted by molar-refractivity contribution is 0.187. The van der Waals surface area contributed by atoms with E-state index in [2.05, 4.69) is 30.4 Å². The number of nitrogens with one attached hydrogen (secondary N) is 2. The Bertz CT molecular complexity index is 947. The summed E-state index contributed by atoms with van der Waals surface area (Å²) in [6, 6.07) is 12.3. The molecule has 0 aliphatic rings. The summed E-state index contributed by atoms with van der Waals surface area (Å²) in [5.74, 6) is 0.0772. The van der Waals surface area contributed by atoms with Gasteiger partial charge in [0.15, 0.2) is 11.5 Å². The van der Waals surface area contributed by atoms with Gasteiger partial charge in [-0.2, -0.15) is 0 Å². The number of aromatic nitrogens is 3. The molecular weight excluding hydrogens is 324 g/mol. The van der Waals surface area contributed by atoms with Crippen LogP contribution in [-0.2, 0) is 4.74 Å². The Hall–Kier alpha value is -3.75. The summed E-state index contributed by atoms with van der Waals surface area (Å²) < 4.78 is 5.82. The maximum Gasteiger partial charge on any atom is 0.412 e. The lowest BCUT2D eigenvalue weighted by Crippen LogP contribution is -2.13. The summed E-state index contributed by atoms with van der Waals surface area (Å²) in [5, 5.41) is 13.1. The predicted molar refractivity (Wildman–Crippen MR) is 90.8 cm³/mol. The van der Waals surface area contributed by atoms with Crippen molar-refractivity contribution < 1.29 is 9.53 Å². The van der Waals surface area contributed by atoms with Crippen LogP contribution in [0.2, 0.25) is 0 Å². The van der Waals surface area contributed by atoms with Gasteiger partial charge in [-0.25, -0.2) is 9.48 Å². The summed E-state index contributed by atoms with van der Waals surface area (Å²) in [7, 11) is 1.22. The normalized spacial score (nSPS) is 10.8. The number of rotatable bonds is 4. The highest BCUT2D eigenvalue weighted by atomic mass is 16.5. The van der Waals surface area contributed by atoms with E-state index >= 15 is 0 Å². The Labute approximate surface area is 142 Å². The van der Waals surface area contributed by atoms with Gasteiger partial charge in [0.25, 0.3) is 0 Å². The molecule has 0 aliphatic carbocycles. The molecule has 0 spiro atoms. The molecule has 3 aromatic rings. The Balaban J connectivity index is 2.05. The third-order valence-corrected chi connectivity index (χ3v) is 3.20. The molecule has 2 aromatic heterocycles. The first kappa shape index (κ1) is 16.1. The average molecular weight is 338 g/mol. The van der Waals surface area contributed by atoms with Crippen LogP contribution in [0.25, 0.3) is 5.69 Å². The van der Waals surface area contributed by atoms with E-state index in [0.717, 1.165) is 0 Å². The van der Waals surface area contributed by atoms with E-state index in [1.165, 1.54) is 18.0 Å². The van der Waals surface area contributed by atoms with E-state index in [-0.39, 0.29) is 11.5 Å². The number of methoxy groups -OCH3 is 1. The number of pyridine rings is 1. The molecule has 25 heavy (non-hydrogen) atoms. The van der Waals surface area contributed by atoms with Crippen LogP contribution in [0.3, 0.4) is 0 Å². The number of nitrogens with zero attached hydrogens (tertiary/aromatic N) is 4. The van der Waals surface area contributed by atoms with Crippen LogP contribution >= 0.6 is 0 Å². The minimum Gasteiger partial charge on any atom is -0.453 e. The molecule has 0 saturated carbocycles. The Morgan fingerprint density at radius 3 is 2.68 bits per heavy atom. The number of aromatic amines is 1. The van der Waals surface area contributed by atoms with Crippen molar-refractivity contribution in [1.82, 2.24) is 14.8 Å². The fraction of sp³-hybridized carbons (Fsp3) is 0.0625. The van der Waals surface area contributed by atoms with E-state index in [9.17, 15) is 9.59 Å². The molecule has 0 bridgehead atoms. The Morgan fingerprint density at radius 2 is 2.00 bits per heavy atom. The molecule has 0 radical (unpaired) electrons. The zero-order chi connectivity index (χ0) is 17.6. The molecule has 2 N–H and O–H groups in total. The third kappa shape index (κ3) is 3.61. The van der Waals surface area contributed by atoms with Crippen molar-refractivity contribution in [1.29, 1.82) is 0 Å². The fourth-order valence-electron chi connectivity index (χ4n) is 2.04. The summed E-state index contributed by atoms with van der Waals surface area (Å²) >= 11 is 0. The van der Waals surface area contributed by atoms with Crippen LogP contribution < -0.4 is 10.9 Å². The van der Waals surface area contributed by atoms with Crippen molar-refractivity contribution >= 4 is 23.3 Å². The number of anilines is 1. The zero-order valence-electron chi connectivity index (χ0n) is 13.2. The summed E-state index contributed by atoms with van der Waals surface area (Å²) in [6.45, 7) is 0. The van der Waals surface area contributed by atoms with Gasteiger partial charge in [0.2, 0.25) is 0 Å². The van der Waals surface area contributed by atoms with Crippen LogP contribution in [0.15, 0.2) is 69.9 Å². The van der Waals surface area contributed by atoms with E-state index in [1.54, 1.807) is 42.6 Å². The van der Waals surface area contributed by atoms with Crippen molar-refractivity contribution in [3.05, 3.63) is 65.2 Å². The number of hydrogen-bond donors (Lipinski definition) is 2. The van der Waals surface area contributed by atoms with Crippen molar-refractivity contribution in [2.75, 3.05) is 12.4 Å². The molecule has 9 heteroatoms. The Morgan fingerprint density at radius 1 is 1.20 bits per heavy atom. The minimum atomic E-state index is -0.737. The second-order valence-electron chi connectivity index (χ2n) is 4.84. The van der Waals surface area contributed by atoms with Gasteiger partial charge < -0.3 is 4.74 Å². The largest absolute Gasteiger partial charge is 0.453 e. The lowest BCUT2D eigenvalue weighted by atomic mass is 10.3. The predicted octanol–water partition coefficient (Wildman–Crippen LogP) is 3.15. The topological polar surface area (TPSA) is 114 Å². The van der Waals surface area contributed by atoms with E-state index in [1.807, 2.05) is 6.07 Å². The van der Waals surface area contributed by atoms with Crippen LogP contribution in [0.1, 0.15) is 0 Å². The molecular formula is C16H14N6O3. The van der Waals surface area contributed by atoms with Crippen LogP contribution in [0, 0.1) is 0 Å². The van der Waals surface area contributed by atoms with Gasteiger partial charge in [0.1, 0.15) is 5.69 Å². The number of para-hydroxylation sites is 1. The highest BCUT2D eigenvalue weighted by Crippen LogP contribution is 2.22. The number of carbonyl (C=O) groups excluding carboxylic acids is 1. The van der Waals surface area contributed by atoms with Gasteiger partial charge >= 0.3 is 11.7 Å².